The Morgan fingerprint density at radius 2 is 2.20 bits per heavy atom. The Morgan fingerprint density at radius 3 is 2.85 bits per heavy atom. The van der Waals surface area contributed by atoms with E-state index in [9.17, 15) is 10.1 Å². The van der Waals surface area contributed by atoms with Crippen LogP contribution in [0.3, 0.4) is 0 Å². The number of hydrogen-bond acceptors (Lipinski definition) is 5. The highest BCUT2D eigenvalue weighted by molar-refractivity contribution is 6.32. The second-order valence-electron chi connectivity index (χ2n) is 3.91. The fourth-order valence-electron chi connectivity index (χ4n) is 1.59. The van der Waals surface area contributed by atoms with Crippen LogP contribution < -0.4 is 10.1 Å². The molecule has 0 amide bonds. The smallest absolute Gasteiger partial charge is 0.271 e. The lowest BCUT2D eigenvalue weighted by Gasteiger charge is -2.09. The zero-order chi connectivity index (χ0) is 14.5. The summed E-state index contributed by atoms with van der Waals surface area (Å²) in [7, 11) is 0. The average molecular weight is 294 g/mol. The molecule has 2 aromatic rings. The second kappa shape index (κ2) is 6.21. The monoisotopic (exact) mass is 293 g/mol. The minimum absolute atomic E-state index is 0.0816. The maximum absolute atomic E-state index is 10.6. The van der Waals surface area contributed by atoms with Gasteiger partial charge in [-0.3, -0.25) is 15.1 Å². The number of nitro benzene ring substituents is 1. The molecule has 0 fully saturated rings. The topological polar surface area (TPSA) is 77.3 Å². The number of halogens is 1. The van der Waals surface area contributed by atoms with Crippen molar-refractivity contribution >= 4 is 23.0 Å². The molecule has 20 heavy (non-hydrogen) atoms. The van der Waals surface area contributed by atoms with E-state index >= 15 is 0 Å². The highest BCUT2D eigenvalue weighted by Crippen LogP contribution is 2.32. The Balaban J connectivity index is 2.21. The molecule has 2 rings (SSSR count). The van der Waals surface area contributed by atoms with Gasteiger partial charge < -0.3 is 10.1 Å². The highest BCUT2D eigenvalue weighted by atomic mass is 35.5. The fraction of sp³-hybridized carbons (Fsp3) is 0.154. The summed E-state index contributed by atoms with van der Waals surface area (Å²) in [5, 5.41) is 13.9. The van der Waals surface area contributed by atoms with Crippen LogP contribution in [0.2, 0.25) is 5.02 Å². The summed E-state index contributed by atoms with van der Waals surface area (Å²) in [6.07, 6.45) is 3.21. The lowest BCUT2D eigenvalue weighted by molar-refractivity contribution is -0.384. The van der Waals surface area contributed by atoms with E-state index in [2.05, 4.69) is 10.3 Å². The molecule has 0 saturated heterocycles. The van der Waals surface area contributed by atoms with Gasteiger partial charge in [0.1, 0.15) is 11.5 Å². The molecule has 6 nitrogen and oxygen atoms in total. The van der Waals surface area contributed by atoms with E-state index < -0.39 is 4.92 Å². The van der Waals surface area contributed by atoms with E-state index in [1.54, 1.807) is 18.5 Å². The summed E-state index contributed by atoms with van der Waals surface area (Å²) in [6, 6.07) is 5.82. The SMILES string of the molecule is CCNc1cncc(Oc2ccc([N+](=O)[O-])cc2Cl)c1. The van der Waals surface area contributed by atoms with Gasteiger partial charge in [0.15, 0.2) is 0 Å². The van der Waals surface area contributed by atoms with Crippen molar-refractivity contribution in [2.45, 2.75) is 6.92 Å². The number of nitrogens with one attached hydrogen (secondary N) is 1. The summed E-state index contributed by atoms with van der Waals surface area (Å²) in [4.78, 5) is 14.2. The van der Waals surface area contributed by atoms with Crippen LogP contribution in [0, 0.1) is 10.1 Å². The third-order valence-corrected chi connectivity index (χ3v) is 2.74. The third-order valence-electron chi connectivity index (χ3n) is 2.45. The predicted molar refractivity (Wildman–Crippen MR) is 76.6 cm³/mol. The predicted octanol–water partition coefficient (Wildman–Crippen LogP) is 3.87. The van der Waals surface area contributed by atoms with Crippen LogP contribution in [0.1, 0.15) is 6.92 Å². The van der Waals surface area contributed by atoms with Crippen LogP contribution in [-0.4, -0.2) is 16.5 Å². The maximum atomic E-state index is 10.6. The van der Waals surface area contributed by atoms with Gasteiger partial charge in [-0.1, -0.05) is 11.6 Å². The normalized spacial score (nSPS) is 10.1. The molecule has 0 aliphatic rings. The number of ether oxygens (including phenoxy) is 1. The van der Waals surface area contributed by atoms with Crippen LogP contribution in [0.15, 0.2) is 36.7 Å². The maximum Gasteiger partial charge on any atom is 0.271 e. The molecule has 0 aliphatic carbocycles. The molecule has 7 heteroatoms. The lowest BCUT2D eigenvalue weighted by Crippen LogP contribution is -1.97. The third kappa shape index (κ3) is 3.36. The van der Waals surface area contributed by atoms with Crippen LogP contribution in [0.5, 0.6) is 11.5 Å². The molecule has 1 heterocycles. The van der Waals surface area contributed by atoms with Crippen molar-refractivity contribution in [3.05, 3.63) is 51.8 Å². The van der Waals surface area contributed by atoms with E-state index in [0.717, 1.165) is 12.2 Å². The molecule has 0 unspecified atom stereocenters. The number of pyridine rings is 1. The Bertz CT molecular complexity index is 634. The molecule has 0 atom stereocenters. The van der Waals surface area contributed by atoms with Gasteiger partial charge in [0.2, 0.25) is 0 Å². The van der Waals surface area contributed by atoms with Crippen LogP contribution in [-0.2, 0) is 0 Å². The number of aromatic nitrogens is 1. The van der Waals surface area contributed by atoms with Gasteiger partial charge in [0.25, 0.3) is 5.69 Å². The molecule has 104 valence electrons. The van der Waals surface area contributed by atoms with Gasteiger partial charge in [-0.2, -0.15) is 0 Å². The number of rotatable bonds is 5. The number of anilines is 1. The first-order valence-electron chi connectivity index (χ1n) is 5.91. The minimum Gasteiger partial charge on any atom is -0.454 e. The molecule has 0 radical (unpaired) electrons. The molecule has 0 bridgehead atoms. The average Bonchev–Trinajstić information content (AvgIpc) is 2.42. The summed E-state index contributed by atoms with van der Waals surface area (Å²) in [5.74, 6) is 0.840. The summed E-state index contributed by atoms with van der Waals surface area (Å²) in [5.41, 5.74) is 0.741. The number of benzene rings is 1. The molecule has 0 saturated carbocycles. The molecular formula is C13H12ClN3O3. The van der Waals surface area contributed by atoms with Gasteiger partial charge in [-0.25, -0.2) is 0 Å². The van der Waals surface area contributed by atoms with Gasteiger partial charge in [0.05, 0.1) is 28.0 Å². The van der Waals surface area contributed by atoms with Crippen LogP contribution in [0.25, 0.3) is 0 Å². The Labute approximate surface area is 120 Å². The first-order chi connectivity index (χ1) is 9.60. The van der Waals surface area contributed by atoms with Crippen LogP contribution in [0.4, 0.5) is 11.4 Å². The van der Waals surface area contributed by atoms with Gasteiger partial charge in [0, 0.05) is 24.7 Å². The highest BCUT2D eigenvalue weighted by Gasteiger charge is 2.11. The second-order valence-corrected chi connectivity index (χ2v) is 4.32. The summed E-state index contributed by atoms with van der Waals surface area (Å²) < 4.78 is 5.57. The van der Waals surface area contributed by atoms with E-state index in [0.29, 0.717) is 11.5 Å². The van der Waals surface area contributed by atoms with Gasteiger partial charge in [-0.15, -0.1) is 0 Å². The molecular weight excluding hydrogens is 282 g/mol. The number of non-ortho nitro benzene ring substituents is 1. The Hall–Kier alpha value is -2.34. The molecule has 1 aromatic carbocycles. The largest absolute Gasteiger partial charge is 0.454 e. The van der Waals surface area contributed by atoms with Gasteiger partial charge >= 0.3 is 0 Å². The Morgan fingerprint density at radius 1 is 1.40 bits per heavy atom. The van der Waals surface area contributed by atoms with Crippen molar-refractivity contribution in [1.29, 1.82) is 0 Å². The van der Waals surface area contributed by atoms with Crippen molar-refractivity contribution in [2.75, 3.05) is 11.9 Å². The summed E-state index contributed by atoms with van der Waals surface area (Å²) in [6.45, 7) is 2.74. The van der Waals surface area contributed by atoms with Crippen molar-refractivity contribution in [2.24, 2.45) is 0 Å². The molecule has 0 spiro atoms. The zero-order valence-electron chi connectivity index (χ0n) is 10.7. The van der Waals surface area contributed by atoms with Crippen molar-refractivity contribution in [3.63, 3.8) is 0 Å². The zero-order valence-corrected chi connectivity index (χ0v) is 11.4. The first-order valence-corrected chi connectivity index (χ1v) is 6.28. The molecule has 1 N–H and O–H groups in total. The van der Waals surface area contributed by atoms with Crippen molar-refractivity contribution in [3.8, 4) is 11.5 Å². The Kier molecular flexibility index (Phi) is 4.37. The molecule has 1 aromatic heterocycles. The number of nitrogens with zero attached hydrogens (tertiary/aromatic N) is 2. The quantitative estimate of drug-likeness (QED) is 0.669. The van der Waals surface area contributed by atoms with Crippen LogP contribution >= 0.6 is 11.6 Å². The standard InChI is InChI=1S/C13H12ClN3O3/c1-2-16-9-5-11(8-15-7-9)20-13-4-3-10(17(18)19)6-12(13)14/h3-8,16H,2H2,1H3. The molecule has 0 aliphatic heterocycles. The fourth-order valence-corrected chi connectivity index (χ4v) is 1.80. The van der Waals surface area contributed by atoms with E-state index in [1.807, 2.05) is 6.92 Å². The van der Waals surface area contributed by atoms with Crippen molar-refractivity contribution < 1.29 is 9.66 Å². The first kappa shape index (κ1) is 14.1. The van der Waals surface area contributed by atoms with E-state index in [4.69, 9.17) is 16.3 Å². The number of nitro groups is 1. The van der Waals surface area contributed by atoms with E-state index in [-0.39, 0.29) is 10.7 Å². The summed E-state index contributed by atoms with van der Waals surface area (Å²) >= 11 is 5.96. The van der Waals surface area contributed by atoms with E-state index in [1.165, 1.54) is 18.2 Å². The lowest BCUT2D eigenvalue weighted by atomic mass is 10.3. The minimum atomic E-state index is -0.511. The van der Waals surface area contributed by atoms with Crippen molar-refractivity contribution in [1.82, 2.24) is 4.98 Å². The number of hydrogen-bond donors (Lipinski definition) is 1. The van der Waals surface area contributed by atoms with Gasteiger partial charge in [-0.05, 0) is 13.0 Å².